The second-order valence-electron chi connectivity index (χ2n) is 7.84. The summed E-state index contributed by atoms with van der Waals surface area (Å²) in [4.78, 5) is 14.9. The lowest BCUT2D eigenvalue weighted by atomic mass is 10.0. The van der Waals surface area contributed by atoms with Gasteiger partial charge in [0.2, 0.25) is 5.91 Å². The molecule has 2 aliphatic rings. The molecule has 2 heterocycles. The lowest BCUT2D eigenvalue weighted by Gasteiger charge is -2.31. The molecular weight excluding hydrogens is 366 g/mol. The zero-order valence-electron chi connectivity index (χ0n) is 16.6. The van der Waals surface area contributed by atoms with Crippen LogP contribution < -0.4 is 9.47 Å². The third-order valence-electron chi connectivity index (χ3n) is 5.94. The van der Waals surface area contributed by atoms with Gasteiger partial charge < -0.3 is 18.8 Å². The van der Waals surface area contributed by atoms with Crippen LogP contribution in [0.1, 0.15) is 30.0 Å². The zero-order chi connectivity index (χ0) is 19.8. The van der Waals surface area contributed by atoms with Crippen molar-refractivity contribution in [3.8, 4) is 11.5 Å². The first-order valence-electron chi connectivity index (χ1n) is 10.4. The Morgan fingerprint density at radius 2 is 1.93 bits per heavy atom. The Balaban J connectivity index is 1.29. The standard InChI is InChI=1S/C24H25NO4/c1-2-25(13-19-15-28-21-8-3-4-9-22(21)29-19)24(26)12-18-14-27-23-11-17-7-5-6-16(17)10-20(18)23/h3-4,8-11,14,19H,2,5-7,12-13,15H2,1H3/t19-/m0/s1. The second-order valence-corrected chi connectivity index (χ2v) is 7.84. The molecule has 0 spiro atoms. The first-order valence-corrected chi connectivity index (χ1v) is 10.4. The minimum Gasteiger partial charge on any atom is -0.486 e. The number of fused-ring (bicyclic) bond motifs is 3. The number of amides is 1. The van der Waals surface area contributed by atoms with Crippen LogP contribution in [-0.2, 0) is 24.1 Å². The Hall–Kier alpha value is -2.95. The molecule has 0 saturated carbocycles. The van der Waals surface area contributed by atoms with Crippen LogP contribution in [0.2, 0.25) is 0 Å². The van der Waals surface area contributed by atoms with Gasteiger partial charge in [-0.15, -0.1) is 0 Å². The monoisotopic (exact) mass is 391 g/mol. The third-order valence-corrected chi connectivity index (χ3v) is 5.94. The van der Waals surface area contributed by atoms with Crippen LogP contribution in [-0.4, -0.2) is 36.6 Å². The number of carbonyl (C=O) groups is 1. The summed E-state index contributed by atoms with van der Waals surface area (Å²) in [7, 11) is 0. The molecule has 1 aliphatic heterocycles. The first-order chi connectivity index (χ1) is 14.2. The molecule has 1 amide bonds. The van der Waals surface area contributed by atoms with Crippen LogP contribution in [0, 0.1) is 0 Å². The zero-order valence-corrected chi connectivity index (χ0v) is 16.6. The van der Waals surface area contributed by atoms with E-state index in [9.17, 15) is 4.79 Å². The van der Waals surface area contributed by atoms with Gasteiger partial charge in [0.05, 0.1) is 19.2 Å². The highest BCUT2D eigenvalue weighted by Gasteiger charge is 2.25. The molecule has 0 fully saturated rings. The average molecular weight is 391 g/mol. The SMILES string of the molecule is CCN(C[C@H]1COc2ccccc2O1)C(=O)Cc1coc2cc3c(cc12)CCC3. The van der Waals surface area contributed by atoms with E-state index in [4.69, 9.17) is 13.9 Å². The molecule has 0 N–H and O–H groups in total. The molecule has 0 bridgehead atoms. The van der Waals surface area contributed by atoms with Crippen LogP contribution >= 0.6 is 0 Å². The highest BCUT2D eigenvalue weighted by atomic mass is 16.6. The van der Waals surface area contributed by atoms with Gasteiger partial charge in [-0.1, -0.05) is 12.1 Å². The molecule has 150 valence electrons. The van der Waals surface area contributed by atoms with Crippen molar-refractivity contribution in [1.82, 2.24) is 4.90 Å². The maximum Gasteiger partial charge on any atom is 0.227 e. The number of benzene rings is 2. The van der Waals surface area contributed by atoms with Crippen LogP contribution in [0.25, 0.3) is 11.0 Å². The summed E-state index contributed by atoms with van der Waals surface area (Å²) < 4.78 is 17.6. The predicted octanol–water partition coefficient (Wildman–Crippen LogP) is 4.15. The van der Waals surface area contributed by atoms with Gasteiger partial charge in [-0.25, -0.2) is 0 Å². The molecule has 1 aromatic heterocycles. The number of hydrogen-bond donors (Lipinski definition) is 0. The quantitative estimate of drug-likeness (QED) is 0.656. The van der Waals surface area contributed by atoms with Crippen molar-refractivity contribution >= 4 is 16.9 Å². The maximum atomic E-state index is 13.0. The van der Waals surface area contributed by atoms with Gasteiger partial charge in [0.1, 0.15) is 12.2 Å². The van der Waals surface area contributed by atoms with Crippen LogP contribution in [0.15, 0.2) is 47.1 Å². The second kappa shape index (κ2) is 7.47. The number of likely N-dealkylation sites (N-methyl/N-ethyl adjacent to an activating group) is 1. The molecule has 5 heteroatoms. The van der Waals surface area contributed by atoms with Crippen molar-refractivity contribution in [1.29, 1.82) is 0 Å². The molecule has 0 saturated heterocycles. The van der Waals surface area contributed by atoms with Gasteiger partial charge in [0.15, 0.2) is 17.6 Å². The first kappa shape index (κ1) is 18.1. The predicted molar refractivity (Wildman–Crippen MR) is 111 cm³/mol. The molecule has 2 aromatic carbocycles. The van der Waals surface area contributed by atoms with Crippen molar-refractivity contribution < 1.29 is 18.7 Å². The third kappa shape index (κ3) is 3.46. The summed E-state index contributed by atoms with van der Waals surface area (Å²) in [6.45, 7) is 3.58. The van der Waals surface area contributed by atoms with Gasteiger partial charge in [0, 0.05) is 17.5 Å². The van der Waals surface area contributed by atoms with Crippen LogP contribution in [0.3, 0.4) is 0 Å². The van der Waals surface area contributed by atoms with Crippen molar-refractivity contribution in [2.24, 2.45) is 0 Å². The highest BCUT2D eigenvalue weighted by Crippen LogP contribution is 2.32. The van der Waals surface area contributed by atoms with E-state index in [0.29, 0.717) is 26.1 Å². The Morgan fingerprint density at radius 1 is 1.14 bits per heavy atom. The Bertz CT molecular complexity index is 1050. The lowest BCUT2D eigenvalue weighted by Crippen LogP contribution is -2.44. The molecule has 29 heavy (non-hydrogen) atoms. The van der Waals surface area contributed by atoms with Crippen molar-refractivity contribution in [2.45, 2.75) is 38.7 Å². The van der Waals surface area contributed by atoms with E-state index in [1.54, 1.807) is 6.26 Å². The van der Waals surface area contributed by atoms with Crippen LogP contribution in [0.5, 0.6) is 11.5 Å². The van der Waals surface area contributed by atoms with E-state index in [-0.39, 0.29) is 12.0 Å². The van der Waals surface area contributed by atoms with Crippen molar-refractivity contribution in [3.05, 3.63) is 59.4 Å². The fourth-order valence-corrected chi connectivity index (χ4v) is 4.37. The number of rotatable bonds is 5. The molecule has 5 rings (SSSR count). The molecule has 0 radical (unpaired) electrons. The number of para-hydroxylation sites is 2. The Kier molecular flexibility index (Phi) is 4.66. The summed E-state index contributed by atoms with van der Waals surface area (Å²) in [5, 5.41) is 1.07. The summed E-state index contributed by atoms with van der Waals surface area (Å²) in [5.41, 5.74) is 4.63. The Morgan fingerprint density at radius 3 is 2.76 bits per heavy atom. The van der Waals surface area contributed by atoms with Crippen molar-refractivity contribution in [2.75, 3.05) is 19.7 Å². The van der Waals surface area contributed by atoms with Gasteiger partial charge in [-0.2, -0.15) is 0 Å². The van der Waals surface area contributed by atoms with Crippen LogP contribution in [0.4, 0.5) is 0 Å². The van der Waals surface area contributed by atoms with Gasteiger partial charge in [0.25, 0.3) is 0 Å². The average Bonchev–Trinajstić information content (AvgIpc) is 3.36. The smallest absolute Gasteiger partial charge is 0.227 e. The topological polar surface area (TPSA) is 51.9 Å². The fraction of sp³-hybridized carbons (Fsp3) is 0.375. The number of aryl methyl sites for hydroxylation is 2. The van der Waals surface area contributed by atoms with E-state index >= 15 is 0 Å². The molecule has 3 aromatic rings. The van der Waals surface area contributed by atoms with E-state index in [2.05, 4.69) is 12.1 Å². The largest absolute Gasteiger partial charge is 0.486 e. The van der Waals surface area contributed by atoms with E-state index in [1.807, 2.05) is 36.1 Å². The number of furan rings is 1. The highest BCUT2D eigenvalue weighted by molar-refractivity contribution is 5.88. The molecule has 0 unspecified atom stereocenters. The molecular formula is C24H25NO4. The van der Waals surface area contributed by atoms with Gasteiger partial charge in [-0.3, -0.25) is 4.79 Å². The number of hydrogen-bond acceptors (Lipinski definition) is 4. The summed E-state index contributed by atoms with van der Waals surface area (Å²) in [5.74, 6) is 1.58. The number of carbonyl (C=O) groups excluding carboxylic acids is 1. The minimum absolute atomic E-state index is 0.0816. The molecule has 1 atom stereocenters. The normalized spacial score (nSPS) is 17.3. The van der Waals surface area contributed by atoms with Crippen molar-refractivity contribution in [3.63, 3.8) is 0 Å². The Labute approximate surface area is 170 Å². The summed E-state index contributed by atoms with van der Waals surface area (Å²) in [6, 6.07) is 12.0. The van der Waals surface area contributed by atoms with E-state index in [0.717, 1.165) is 40.9 Å². The summed E-state index contributed by atoms with van der Waals surface area (Å²) in [6.07, 6.45) is 5.35. The molecule has 1 aliphatic carbocycles. The van der Waals surface area contributed by atoms with E-state index in [1.165, 1.54) is 17.5 Å². The fourth-order valence-electron chi connectivity index (χ4n) is 4.37. The van der Waals surface area contributed by atoms with E-state index < -0.39 is 0 Å². The lowest BCUT2D eigenvalue weighted by molar-refractivity contribution is -0.131. The minimum atomic E-state index is -0.168. The van der Waals surface area contributed by atoms with Gasteiger partial charge in [-0.05, 0) is 61.6 Å². The number of nitrogens with zero attached hydrogens (tertiary/aromatic N) is 1. The summed E-state index contributed by atoms with van der Waals surface area (Å²) >= 11 is 0. The maximum absolute atomic E-state index is 13.0. The van der Waals surface area contributed by atoms with Gasteiger partial charge >= 0.3 is 0 Å². The molecule has 5 nitrogen and oxygen atoms in total. The number of ether oxygens (including phenoxy) is 2.